The molecule has 2 amide bonds. The van der Waals surface area contributed by atoms with Crippen LogP contribution in [0.3, 0.4) is 0 Å². The zero-order chi connectivity index (χ0) is 18.2. The van der Waals surface area contributed by atoms with Crippen LogP contribution in [-0.2, 0) is 0 Å². The zero-order valence-corrected chi connectivity index (χ0v) is 14.6. The molecule has 1 heterocycles. The fraction of sp³-hybridized carbons (Fsp3) is 0.350. The van der Waals surface area contributed by atoms with E-state index < -0.39 is 11.6 Å². The van der Waals surface area contributed by atoms with Crippen molar-refractivity contribution in [3.8, 4) is 0 Å². The third-order valence-corrected chi connectivity index (χ3v) is 4.91. The maximum atomic E-state index is 13.6. The summed E-state index contributed by atoms with van der Waals surface area (Å²) < 4.78 is 26.8. The summed E-state index contributed by atoms with van der Waals surface area (Å²) in [5, 5.41) is 2.97. The summed E-state index contributed by atoms with van der Waals surface area (Å²) in [7, 11) is 0. The highest BCUT2D eigenvalue weighted by Crippen LogP contribution is 2.40. The molecule has 2 aromatic rings. The largest absolute Gasteiger partial charge is 0.331 e. The molecule has 0 spiro atoms. The predicted octanol–water partition coefficient (Wildman–Crippen LogP) is 4.82. The van der Waals surface area contributed by atoms with Gasteiger partial charge < -0.3 is 10.2 Å². The number of hydrogen-bond acceptors (Lipinski definition) is 1. The fourth-order valence-corrected chi connectivity index (χ4v) is 3.45. The van der Waals surface area contributed by atoms with Gasteiger partial charge in [-0.15, -0.1) is 0 Å². The van der Waals surface area contributed by atoms with E-state index in [2.05, 4.69) is 5.32 Å². The molecule has 0 radical (unpaired) electrons. The Morgan fingerprint density at radius 3 is 2.44 bits per heavy atom. The van der Waals surface area contributed by atoms with E-state index in [1.54, 1.807) is 4.90 Å². The van der Waals surface area contributed by atoms with Crippen LogP contribution in [0.2, 0.25) is 0 Å². The number of urea groups is 1. The summed E-state index contributed by atoms with van der Waals surface area (Å²) in [4.78, 5) is 14.5. The van der Waals surface area contributed by atoms with Gasteiger partial charge in [0.1, 0.15) is 0 Å². The van der Waals surface area contributed by atoms with Crippen LogP contribution in [0.4, 0.5) is 13.6 Å². The van der Waals surface area contributed by atoms with E-state index in [4.69, 9.17) is 0 Å². The molecule has 0 aliphatic carbocycles. The third-order valence-electron chi connectivity index (χ3n) is 4.91. The van der Waals surface area contributed by atoms with Gasteiger partial charge in [0.2, 0.25) is 0 Å². The molecule has 1 saturated heterocycles. The molecule has 0 bridgehead atoms. The van der Waals surface area contributed by atoms with Crippen molar-refractivity contribution in [1.82, 2.24) is 10.2 Å². The summed E-state index contributed by atoms with van der Waals surface area (Å²) in [6.07, 6.45) is 0. The van der Waals surface area contributed by atoms with E-state index in [0.717, 1.165) is 17.7 Å². The van der Waals surface area contributed by atoms with E-state index in [1.807, 2.05) is 51.1 Å². The average molecular weight is 344 g/mol. The number of nitrogens with zero attached hydrogens (tertiary/aromatic N) is 1. The third kappa shape index (κ3) is 3.36. The molecule has 25 heavy (non-hydrogen) atoms. The lowest BCUT2D eigenvalue weighted by molar-refractivity contribution is 0.0835. The first-order valence-electron chi connectivity index (χ1n) is 8.36. The number of halogens is 2. The molecule has 0 saturated carbocycles. The van der Waals surface area contributed by atoms with Crippen LogP contribution in [0.25, 0.3) is 0 Å². The Bertz CT molecular complexity index is 777. The Hall–Kier alpha value is -2.43. The van der Waals surface area contributed by atoms with Crippen LogP contribution < -0.4 is 5.32 Å². The summed E-state index contributed by atoms with van der Waals surface area (Å²) in [6, 6.07) is 13.0. The molecule has 1 aliphatic heterocycles. The average Bonchev–Trinajstić information content (AvgIpc) is 2.59. The first-order chi connectivity index (χ1) is 11.8. The lowest BCUT2D eigenvalue weighted by Gasteiger charge is -2.47. The van der Waals surface area contributed by atoms with Crippen LogP contribution in [0.1, 0.15) is 44.0 Å². The molecule has 132 valence electrons. The van der Waals surface area contributed by atoms with Crippen molar-refractivity contribution in [2.75, 3.05) is 6.54 Å². The molecule has 2 atom stereocenters. The van der Waals surface area contributed by atoms with Crippen molar-refractivity contribution < 1.29 is 13.6 Å². The quantitative estimate of drug-likeness (QED) is 0.851. The zero-order valence-electron chi connectivity index (χ0n) is 14.6. The van der Waals surface area contributed by atoms with E-state index in [1.165, 1.54) is 6.07 Å². The molecular weight excluding hydrogens is 322 g/mol. The van der Waals surface area contributed by atoms with Crippen molar-refractivity contribution in [3.05, 3.63) is 71.3 Å². The number of rotatable bonds is 3. The highest BCUT2D eigenvalue weighted by molar-refractivity contribution is 5.76. The Morgan fingerprint density at radius 1 is 1.12 bits per heavy atom. The van der Waals surface area contributed by atoms with Crippen LogP contribution in [0.5, 0.6) is 0 Å². The van der Waals surface area contributed by atoms with Gasteiger partial charge in [-0.1, -0.05) is 50.2 Å². The van der Waals surface area contributed by atoms with Crippen molar-refractivity contribution in [3.63, 3.8) is 0 Å². The van der Waals surface area contributed by atoms with Gasteiger partial charge in [0, 0.05) is 12.0 Å². The molecule has 2 aromatic carbocycles. The van der Waals surface area contributed by atoms with Crippen LogP contribution in [0, 0.1) is 17.0 Å². The van der Waals surface area contributed by atoms with Gasteiger partial charge in [-0.05, 0) is 30.2 Å². The first-order valence-corrected chi connectivity index (χ1v) is 8.36. The minimum Gasteiger partial charge on any atom is -0.331 e. The van der Waals surface area contributed by atoms with E-state index in [-0.39, 0.29) is 23.5 Å². The second-order valence-corrected chi connectivity index (χ2v) is 7.26. The number of benzene rings is 2. The van der Waals surface area contributed by atoms with Crippen LogP contribution in [-0.4, -0.2) is 17.5 Å². The molecule has 3 rings (SSSR count). The summed E-state index contributed by atoms with van der Waals surface area (Å²) in [6.45, 7) is 6.54. The van der Waals surface area contributed by atoms with Crippen molar-refractivity contribution in [2.24, 2.45) is 5.41 Å². The minimum absolute atomic E-state index is 0.0774. The van der Waals surface area contributed by atoms with Gasteiger partial charge in [0.25, 0.3) is 0 Å². The van der Waals surface area contributed by atoms with Gasteiger partial charge in [-0.2, -0.15) is 0 Å². The maximum absolute atomic E-state index is 13.6. The molecule has 5 heteroatoms. The molecule has 1 N–H and O–H groups in total. The van der Waals surface area contributed by atoms with Gasteiger partial charge in [0.05, 0.1) is 12.1 Å². The molecule has 1 fully saturated rings. The summed E-state index contributed by atoms with van der Waals surface area (Å²) in [5.41, 5.74) is 1.28. The molecule has 0 aromatic heterocycles. The van der Waals surface area contributed by atoms with Crippen molar-refractivity contribution >= 4 is 6.03 Å². The Kier molecular flexibility index (Phi) is 4.50. The smallest absolute Gasteiger partial charge is 0.318 e. The van der Waals surface area contributed by atoms with Gasteiger partial charge >= 0.3 is 6.03 Å². The first kappa shape index (κ1) is 17.4. The standard InChI is InChI=1S/C20H22F2N2O/c1-13(14-7-5-4-6-8-14)24-12-20(2,3)18(23-19(24)25)15-9-10-16(21)17(22)11-15/h4-11,13,18H,12H2,1-3H3,(H,23,25). The predicted molar refractivity (Wildman–Crippen MR) is 93.0 cm³/mol. The van der Waals surface area contributed by atoms with Gasteiger partial charge in [-0.25, -0.2) is 13.6 Å². The van der Waals surface area contributed by atoms with E-state index in [0.29, 0.717) is 12.1 Å². The Labute approximate surface area is 146 Å². The number of carbonyl (C=O) groups excluding carboxylic acids is 1. The highest BCUT2D eigenvalue weighted by Gasteiger charge is 2.42. The lowest BCUT2D eigenvalue weighted by Crippen LogP contribution is -2.56. The van der Waals surface area contributed by atoms with E-state index >= 15 is 0 Å². The summed E-state index contributed by atoms with van der Waals surface area (Å²) >= 11 is 0. The Balaban J connectivity index is 1.86. The van der Waals surface area contributed by atoms with Crippen LogP contribution >= 0.6 is 0 Å². The minimum atomic E-state index is -0.900. The molecule has 2 unspecified atom stereocenters. The summed E-state index contributed by atoms with van der Waals surface area (Å²) in [5.74, 6) is -1.79. The normalized spacial score (nSPS) is 20.9. The van der Waals surface area contributed by atoms with Crippen molar-refractivity contribution in [1.29, 1.82) is 0 Å². The second-order valence-electron chi connectivity index (χ2n) is 7.26. The molecule has 1 aliphatic rings. The number of carbonyl (C=O) groups is 1. The fourth-order valence-electron chi connectivity index (χ4n) is 3.45. The monoisotopic (exact) mass is 344 g/mol. The number of nitrogens with one attached hydrogen (secondary N) is 1. The van der Waals surface area contributed by atoms with Gasteiger partial charge in [-0.3, -0.25) is 0 Å². The highest BCUT2D eigenvalue weighted by atomic mass is 19.2. The number of amides is 2. The molecule has 3 nitrogen and oxygen atoms in total. The second kappa shape index (κ2) is 6.47. The Morgan fingerprint density at radius 2 is 1.80 bits per heavy atom. The van der Waals surface area contributed by atoms with Gasteiger partial charge in [0.15, 0.2) is 11.6 Å². The maximum Gasteiger partial charge on any atom is 0.318 e. The SMILES string of the molecule is CC(c1ccccc1)N1CC(C)(C)C(c2ccc(F)c(F)c2)NC1=O. The number of hydrogen-bond donors (Lipinski definition) is 1. The van der Waals surface area contributed by atoms with Crippen LogP contribution in [0.15, 0.2) is 48.5 Å². The van der Waals surface area contributed by atoms with Crippen molar-refractivity contribution in [2.45, 2.75) is 32.9 Å². The molecular formula is C20H22F2N2O. The van der Waals surface area contributed by atoms with E-state index in [9.17, 15) is 13.6 Å². The lowest BCUT2D eigenvalue weighted by atomic mass is 9.78. The topological polar surface area (TPSA) is 32.3 Å².